The average Bonchev–Trinajstić information content (AvgIpc) is 2.87. The second-order valence-corrected chi connectivity index (χ2v) is 9.91. The highest BCUT2D eigenvalue weighted by Crippen LogP contribution is 2.35. The van der Waals surface area contributed by atoms with Gasteiger partial charge in [0.05, 0.1) is 0 Å². The van der Waals surface area contributed by atoms with Gasteiger partial charge in [0.2, 0.25) is 0 Å². The van der Waals surface area contributed by atoms with Gasteiger partial charge < -0.3 is 4.90 Å². The van der Waals surface area contributed by atoms with Crippen LogP contribution in [0.25, 0.3) is 11.1 Å². The summed E-state index contributed by atoms with van der Waals surface area (Å²) in [4.78, 5) is 2.38. The fraction of sp³-hybridized carbons (Fsp3) is 0.258. The maximum atomic E-state index is 4.10. The summed E-state index contributed by atoms with van der Waals surface area (Å²) in [7, 11) is 0. The van der Waals surface area contributed by atoms with E-state index in [1.165, 1.54) is 22.3 Å². The second kappa shape index (κ2) is 10.6. The number of hydrogen-bond acceptors (Lipinski definition) is 3. The molecule has 3 nitrogen and oxygen atoms in total. The second-order valence-electron chi connectivity index (χ2n) is 9.91. The van der Waals surface area contributed by atoms with Crippen LogP contribution in [0.5, 0.6) is 0 Å². The fourth-order valence-corrected chi connectivity index (χ4v) is 4.51. The minimum atomic E-state index is -0.126. The summed E-state index contributed by atoms with van der Waals surface area (Å²) in [6.45, 7) is 11.4. The molecule has 0 saturated carbocycles. The van der Waals surface area contributed by atoms with Gasteiger partial charge in [0, 0.05) is 18.9 Å². The molecule has 0 amide bonds. The van der Waals surface area contributed by atoms with Crippen LogP contribution in [0.2, 0.25) is 0 Å². The molecule has 1 unspecified atom stereocenters. The summed E-state index contributed by atoms with van der Waals surface area (Å²) in [6.07, 6.45) is 6.70. The van der Waals surface area contributed by atoms with Gasteiger partial charge in [-0.3, -0.25) is 5.43 Å². The zero-order chi connectivity index (χ0) is 24.0. The topological polar surface area (TPSA) is 27.6 Å². The van der Waals surface area contributed by atoms with E-state index >= 15 is 0 Å². The smallest absolute Gasteiger partial charge is 0.141 e. The lowest BCUT2D eigenvalue weighted by atomic mass is 9.80. The molecule has 34 heavy (non-hydrogen) atoms. The molecule has 0 aromatic heterocycles. The van der Waals surface area contributed by atoms with Crippen molar-refractivity contribution in [3.05, 3.63) is 114 Å². The zero-order valence-corrected chi connectivity index (χ0v) is 20.5. The van der Waals surface area contributed by atoms with E-state index in [4.69, 9.17) is 0 Å². The SMILES string of the molecule is C=NNC(c1ccc(-c2ccccc2)cc1)N(CC1=CC=C(C(C)(C)C)CC1)c1ccccc1. The molecule has 0 bridgehead atoms. The molecule has 0 heterocycles. The molecule has 0 radical (unpaired) electrons. The van der Waals surface area contributed by atoms with Gasteiger partial charge in [-0.25, -0.2) is 0 Å². The van der Waals surface area contributed by atoms with Crippen LogP contribution >= 0.6 is 0 Å². The summed E-state index contributed by atoms with van der Waals surface area (Å²) in [5.41, 5.74) is 11.2. The lowest BCUT2D eigenvalue weighted by Crippen LogP contribution is -2.38. The van der Waals surface area contributed by atoms with Gasteiger partial charge in [-0.15, -0.1) is 0 Å². The van der Waals surface area contributed by atoms with E-state index in [0.717, 1.165) is 30.6 Å². The van der Waals surface area contributed by atoms with E-state index in [2.05, 4.69) is 134 Å². The van der Waals surface area contributed by atoms with E-state index < -0.39 is 0 Å². The van der Waals surface area contributed by atoms with Crippen molar-refractivity contribution < 1.29 is 0 Å². The van der Waals surface area contributed by atoms with Crippen LogP contribution in [-0.4, -0.2) is 13.3 Å². The Hall–Kier alpha value is -3.59. The lowest BCUT2D eigenvalue weighted by Gasteiger charge is -2.35. The molecule has 3 heteroatoms. The Morgan fingerprint density at radius 1 is 0.824 bits per heavy atom. The number of allylic oxidation sites excluding steroid dienone is 3. The van der Waals surface area contributed by atoms with Crippen molar-refractivity contribution in [2.75, 3.05) is 11.4 Å². The van der Waals surface area contributed by atoms with E-state index in [1.807, 2.05) is 6.07 Å². The van der Waals surface area contributed by atoms with Crippen molar-refractivity contribution in [3.8, 4) is 11.1 Å². The number of anilines is 1. The van der Waals surface area contributed by atoms with Crippen LogP contribution in [0, 0.1) is 5.41 Å². The van der Waals surface area contributed by atoms with E-state index in [0.29, 0.717) is 0 Å². The molecule has 174 valence electrons. The molecule has 0 fully saturated rings. The molecule has 1 aliphatic rings. The minimum Gasteiger partial charge on any atom is -0.342 e. The summed E-state index contributed by atoms with van der Waals surface area (Å²) in [6, 6.07) is 29.8. The summed E-state index contributed by atoms with van der Waals surface area (Å²) < 4.78 is 0. The first-order chi connectivity index (χ1) is 16.5. The molecule has 1 aliphatic carbocycles. The summed E-state index contributed by atoms with van der Waals surface area (Å²) in [5.74, 6) is 0. The molecule has 3 aromatic rings. The highest BCUT2D eigenvalue weighted by molar-refractivity contribution is 5.64. The lowest BCUT2D eigenvalue weighted by molar-refractivity contribution is 0.476. The Bertz CT molecular complexity index is 1140. The highest BCUT2D eigenvalue weighted by atomic mass is 15.4. The largest absolute Gasteiger partial charge is 0.342 e. The van der Waals surface area contributed by atoms with Crippen molar-refractivity contribution in [3.63, 3.8) is 0 Å². The van der Waals surface area contributed by atoms with E-state index in [9.17, 15) is 0 Å². The first kappa shape index (κ1) is 23.6. The molecule has 3 aromatic carbocycles. The van der Waals surface area contributed by atoms with Gasteiger partial charge in [0.25, 0.3) is 0 Å². The predicted molar refractivity (Wildman–Crippen MR) is 146 cm³/mol. The van der Waals surface area contributed by atoms with Gasteiger partial charge in [-0.2, -0.15) is 5.10 Å². The third-order valence-corrected chi connectivity index (χ3v) is 6.52. The monoisotopic (exact) mass is 449 g/mol. The number of benzene rings is 3. The Morgan fingerprint density at radius 3 is 2.00 bits per heavy atom. The Labute approximate surface area is 204 Å². The van der Waals surface area contributed by atoms with Crippen molar-refractivity contribution in [1.82, 2.24) is 5.43 Å². The Morgan fingerprint density at radius 2 is 1.44 bits per heavy atom. The van der Waals surface area contributed by atoms with Crippen LogP contribution < -0.4 is 10.3 Å². The molecular weight excluding hydrogens is 414 g/mol. The normalized spacial score (nSPS) is 14.6. The number of para-hydroxylation sites is 1. The quantitative estimate of drug-likeness (QED) is 0.216. The van der Waals surface area contributed by atoms with Gasteiger partial charge in [0.1, 0.15) is 6.17 Å². The Balaban J connectivity index is 1.66. The van der Waals surface area contributed by atoms with Gasteiger partial charge in [-0.1, -0.05) is 117 Å². The van der Waals surface area contributed by atoms with E-state index in [-0.39, 0.29) is 11.6 Å². The molecule has 1 atom stereocenters. The van der Waals surface area contributed by atoms with Gasteiger partial charge in [-0.05, 0) is 47.1 Å². The van der Waals surface area contributed by atoms with Crippen LogP contribution in [0.4, 0.5) is 5.69 Å². The fourth-order valence-electron chi connectivity index (χ4n) is 4.51. The summed E-state index contributed by atoms with van der Waals surface area (Å²) in [5, 5.41) is 4.10. The highest BCUT2D eigenvalue weighted by Gasteiger charge is 2.24. The number of hydrazone groups is 1. The van der Waals surface area contributed by atoms with E-state index in [1.54, 1.807) is 0 Å². The number of nitrogens with one attached hydrogen (secondary N) is 1. The maximum Gasteiger partial charge on any atom is 0.141 e. The molecular formula is C31H35N3. The number of hydrogen-bond donors (Lipinski definition) is 1. The van der Waals surface area contributed by atoms with Crippen molar-refractivity contribution in [2.24, 2.45) is 10.5 Å². The first-order valence-corrected chi connectivity index (χ1v) is 12.0. The van der Waals surface area contributed by atoms with Crippen molar-refractivity contribution in [1.29, 1.82) is 0 Å². The third kappa shape index (κ3) is 5.66. The molecule has 0 spiro atoms. The summed E-state index contributed by atoms with van der Waals surface area (Å²) >= 11 is 0. The minimum absolute atomic E-state index is 0.126. The van der Waals surface area contributed by atoms with Crippen LogP contribution in [-0.2, 0) is 0 Å². The number of rotatable bonds is 8. The zero-order valence-electron chi connectivity index (χ0n) is 20.5. The van der Waals surface area contributed by atoms with Gasteiger partial charge >= 0.3 is 0 Å². The molecule has 0 saturated heterocycles. The first-order valence-electron chi connectivity index (χ1n) is 12.0. The predicted octanol–water partition coefficient (Wildman–Crippen LogP) is 7.76. The van der Waals surface area contributed by atoms with Crippen molar-refractivity contribution in [2.45, 2.75) is 39.8 Å². The average molecular weight is 450 g/mol. The molecule has 1 N–H and O–H groups in total. The van der Waals surface area contributed by atoms with Crippen LogP contribution in [0.3, 0.4) is 0 Å². The number of nitrogens with zero attached hydrogens (tertiary/aromatic N) is 2. The molecule has 4 rings (SSSR count). The molecule has 0 aliphatic heterocycles. The van der Waals surface area contributed by atoms with Gasteiger partial charge in [0.15, 0.2) is 0 Å². The standard InChI is InChI=1S/C31H35N3/c1-31(2,3)28-21-15-24(16-22-28)23-34(29-13-9-6-10-14-29)30(33-32-4)27-19-17-26(18-20-27)25-11-7-5-8-12-25/h5-15,17-21,30,33H,4,16,22-23H2,1-3H3. The van der Waals surface area contributed by atoms with Crippen molar-refractivity contribution >= 4 is 12.4 Å². The third-order valence-electron chi connectivity index (χ3n) is 6.52. The Kier molecular flexibility index (Phi) is 7.32. The maximum absolute atomic E-state index is 4.10. The van der Waals surface area contributed by atoms with Crippen LogP contribution in [0.1, 0.15) is 45.3 Å². The van der Waals surface area contributed by atoms with Crippen LogP contribution in [0.15, 0.2) is 113 Å².